The topological polar surface area (TPSA) is 72.2 Å². The number of primary amides is 1. The molecule has 0 aromatic carbocycles. The van der Waals surface area contributed by atoms with Crippen molar-refractivity contribution in [1.29, 1.82) is 0 Å². The summed E-state index contributed by atoms with van der Waals surface area (Å²) in [6.45, 7) is 0. The van der Waals surface area contributed by atoms with E-state index in [9.17, 15) is 9.59 Å². The van der Waals surface area contributed by atoms with Crippen LogP contribution in [0.15, 0.2) is 0 Å². The van der Waals surface area contributed by atoms with Gasteiger partial charge in [0.05, 0.1) is 6.04 Å². The van der Waals surface area contributed by atoms with E-state index < -0.39 is 11.9 Å². The molecule has 0 aromatic heterocycles. The zero-order valence-corrected chi connectivity index (χ0v) is 5.26. The minimum absolute atomic E-state index is 0.0694. The number of aldehydes is 1. The van der Waals surface area contributed by atoms with Gasteiger partial charge in [-0.05, 0) is 7.05 Å². The number of carbonyl (C=O) groups is 2. The lowest BCUT2D eigenvalue weighted by Crippen LogP contribution is -2.31. The van der Waals surface area contributed by atoms with Gasteiger partial charge in [0.1, 0.15) is 6.29 Å². The predicted molar refractivity (Wildman–Crippen MR) is 32.7 cm³/mol. The third-order valence-corrected chi connectivity index (χ3v) is 0.956. The highest BCUT2D eigenvalue weighted by atomic mass is 16.1. The fraction of sp³-hybridized carbons (Fsp3) is 0.600. The molecule has 4 heteroatoms. The lowest BCUT2D eigenvalue weighted by Gasteiger charge is -2.03. The molecular weight excluding hydrogens is 120 g/mol. The van der Waals surface area contributed by atoms with Crippen LogP contribution in [-0.2, 0) is 9.59 Å². The van der Waals surface area contributed by atoms with Gasteiger partial charge in [0, 0.05) is 6.42 Å². The second-order valence-corrected chi connectivity index (χ2v) is 1.70. The number of nitrogens with one attached hydrogen (secondary N) is 1. The van der Waals surface area contributed by atoms with E-state index in [0.29, 0.717) is 6.29 Å². The Bertz CT molecular complexity index is 114. The van der Waals surface area contributed by atoms with Gasteiger partial charge in [0.25, 0.3) is 0 Å². The Hall–Kier alpha value is -0.900. The monoisotopic (exact) mass is 130 g/mol. The molecule has 0 rings (SSSR count). The maximum absolute atomic E-state index is 10.2. The van der Waals surface area contributed by atoms with E-state index >= 15 is 0 Å². The van der Waals surface area contributed by atoms with Crippen molar-refractivity contribution in [3.05, 3.63) is 0 Å². The molecule has 0 fully saturated rings. The SMILES string of the molecule is CN[C@H](C=O)CC(N)=O. The molecule has 0 saturated heterocycles. The summed E-state index contributed by atoms with van der Waals surface area (Å²) in [6, 6.07) is -0.428. The van der Waals surface area contributed by atoms with E-state index in [-0.39, 0.29) is 6.42 Å². The first kappa shape index (κ1) is 8.10. The molecule has 0 heterocycles. The third kappa shape index (κ3) is 3.66. The lowest BCUT2D eigenvalue weighted by molar-refractivity contribution is -0.120. The van der Waals surface area contributed by atoms with Crippen molar-refractivity contribution in [3.8, 4) is 0 Å². The molecule has 9 heavy (non-hydrogen) atoms. The van der Waals surface area contributed by atoms with Crippen LogP contribution in [0.25, 0.3) is 0 Å². The van der Waals surface area contributed by atoms with Crippen molar-refractivity contribution in [2.45, 2.75) is 12.5 Å². The Labute approximate surface area is 53.4 Å². The van der Waals surface area contributed by atoms with Crippen molar-refractivity contribution < 1.29 is 9.59 Å². The average Bonchev–Trinajstić information content (AvgIpc) is 1.82. The fourth-order valence-corrected chi connectivity index (χ4v) is 0.435. The highest BCUT2D eigenvalue weighted by molar-refractivity contribution is 5.78. The summed E-state index contributed by atoms with van der Waals surface area (Å²) in [5, 5.41) is 2.61. The summed E-state index contributed by atoms with van der Waals surface area (Å²) in [4.78, 5) is 20.2. The Kier molecular flexibility index (Phi) is 3.62. The summed E-state index contributed by atoms with van der Waals surface area (Å²) in [7, 11) is 1.60. The number of likely N-dealkylation sites (N-methyl/N-ethyl adjacent to an activating group) is 1. The first-order valence-corrected chi connectivity index (χ1v) is 2.61. The van der Waals surface area contributed by atoms with Crippen molar-refractivity contribution in [2.75, 3.05) is 7.05 Å². The molecule has 0 unspecified atom stereocenters. The van der Waals surface area contributed by atoms with Gasteiger partial charge in [-0.3, -0.25) is 4.79 Å². The molecule has 0 spiro atoms. The Morgan fingerprint density at radius 3 is 2.56 bits per heavy atom. The summed E-state index contributed by atoms with van der Waals surface area (Å²) >= 11 is 0. The third-order valence-electron chi connectivity index (χ3n) is 0.956. The fourth-order valence-electron chi connectivity index (χ4n) is 0.435. The Morgan fingerprint density at radius 1 is 1.89 bits per heavy atom. The standard InChI is InChI=1S/C5H10N2O2/c1-7-4(3-8)2-5(6)9/h3-4,7H,2H2,1H3,(H2,6,9)/t4-/m0/s1. The molecule has 1 amide bonds. The van der Waals surface area contributed by atoms with Gasteiger partial charge in [-0.2, -0.15) is 0 Å². The quantitative estimate of drug-likeness (QED) is 0.462. The van der Waals surface area contributed by atoms with Crippen LogP contribution in [0.1, 0.15) is 6.42 Å². The molecule has 0 aliphatic heterocycles. The van der Waals surface area contributed by atoms with Gasteiger partial charge in [-0.1, -0.05) is 0 Å². The van der Waals surface area contributed by atoms with E-state index in [1.165, 1.54) is 0 Å². The maximum Gasteiger partial charge on any atom is 0.219 e. The highest BCUT2D eigenvalue weighted by Gasteiger charge is 2.05. The van der Waals surface area contributed by atoms with Crippen molar-refractivity contribution in [1.82, 2.24) is 5.32 Å². The number of amides is 1. The summed E-state index contributed by atoms with van der Waals surface area (Å²) < 4.78 is 0. The number of nitrogens with two attached hydrogens (primary N) is 1. The molecule has 3 N–H and O–H groups in total. The normalized spacial score (nSPS) is 12.6. The summed E-state index contributed by atoms with van der Waals surface area (Å²) in [6.07, 6.45) is 0.727. The van der Waals surface area contributed by atoms with E-state index in [4.69, 9.17) is 5.73 Å². The number of hydrogen-bond donors (Lipinski definition) is 2. The first-order valence-electron chi connectivity index (χ1n) is 2.61. The summed E-state index contributed by atoms with van der Waals surface area (Å²) in [5.41, 5.74) is 4.81. The lowest BCUT2D eigenvalue weighted by atomic mass is 10.2. The van der Waals surface area contributed by atoms with Crippen molar-refractivity contribution in [2.24, 2.45) is 5.73 Å². The van der Waals surface area contributed by atoms with Gasteiger partial charge in [-0.25, -0.2) is 0 Å². The Morgan fingerprint density at radius 2 is 2.44 bits per heavy atom. The van der Waals surface area contributed by atoms with Crippen LogP contribution in [0.5, 0.6) is 0 Å². The van der Waals surface area contributed by atoms with E-state index in [1.807, 2.05) is 0 Å². The molecule has 0 bridgehead atoms. The largest absolute Gasteiger partial charge is 0.370 e. The molecule has 4 nitrogen and oxygen atoms in total. The van der Waals surface area contributed by atoms with Crippen LogP contribution < -0.4 is 11.1 Å². The van der Waals surface area contributed by atoms with Gasteiger partial charge in [-0.15, -0.1) is 0 Å². The molecular formula is C5H10N2O2. The molecule has 0 radical (unpaired) electrons. The second kappa shape index (κ2) is 4.03. The smallest absolute Gasteiger partial charge is 0.219 e. The van der Waals surface area contributed by atoms with Crippen LogP contribution in [0.3, 0.4) is 0 Å². The van der Waals surface area contributed by atoms with Crippen molar-refractivity contribution in [3.63, 3.8) is 0 Å². The molecule has 52 valence electrons. The van der Waals surface area contributed by atoms with Gasteiger partial charge < -0.3 is 15.8 Å². The Balaban J connectivity index is 3.55. The van der Waals surface area contributed by atoms with E-state index in [2.05, 4.69) is 5.32 Å². The zero-order valence-electron chi connectivity index (χ0n) is 5.26. The van der Waals surface area contributed by atoms with Gasteiger partial charge in [0.2, 0.25) is 5.91 Å². The zero-order chi connectivity index (χ0) is 7.28. The van der Waals surface area contributed by atoms with Gasteiger partial charge >= 0.3 is 0 Å². The second-order valence-electron chi connectivity index (χ2n) is 1.70. The minimum atomic E-state index is -0.471. The van der Waals surface area contributed by atoms with Crippen LogP contribution in [0, 0.1) is 0 Å². The number of rotatable bonds is 4. The van der Waals surface area contributed by atoms with Crippen LogP contribution in [-0.4, -0.2) is 25.3 Å². The highest BCUT2D eigenvalue weighted by Crippen LogP contribution is 1.82. The minimum Gasteiger partial charge on any atom is -0.370 e. The van der Waals surface area contributed by atoms with Crippen LogP contribution in [0.4, 0.5) is 0 Å². The molecule has 0 aliphatic rings. The van der Waals surface area contributed by atoms with Crippen LogP contribution in [0.2, 0.25) is 0 Å². The molecule has 0 aliphatic carbocycles. The molecule has 0 aromatic rings. The summed E-state index contributed by atoms with van der Waals surface area (Å²) in [5.74, 6) is -0.471. The maximum atomic E-state index is 10.2. The first-order chi connectivity index (χ1) is 4.20. The molecule has 1 atom stereocenters. The molecule has 0 saturated carbocycles. The average molecular weight is 130 g/mol. The van der Waals surface area contributed by atoms with Crippen LogP contribution >= 0.6 is 0 Å². The van der Waals surface area contributed by atoms with Gasteiger partial charge in [0.15, 0.2) is 0 Å². The van der Waals surface area contributed by atoms with E-state index in [0.717, 1.165) is 0 Å². The number of hydrogen-bond acceptors (Lipinski definition) is 3. The van der Waals surface area contributed by atoms with Crippen molar-refractivity contribution >= 4 is 12.2 Å². The number of carbonyl (C=O) groups excluding carboxylic acids is 2. The predicted octanol–water partition coefficient (Wildman–Crippen LogP) is -1.35. The van der Waals surface area contributed by atoms with E-state index in [1.54, 1.807) is 7.05 Å².